The third-order valence-corrected chi connectivity index (χ3v) is 7.14. The molecule has 0 spiro atoms. The highest BCUT2D eigenvalue weighted by molar-refractivity contribution is 6.03. The number of methoxy groups -OCH3 is 1. The van der Waals surface area contributed by atoms with Crippen LogP contribution in [-0.4, -0.2) is 72.0 Å². The van der Waals surface area contributed by atoms with Crippen molar-refractivity contribution in [1.82, 2.24) is 19.9 Å². The Morgan fingerprint density at radius 3 is 2.67 bits per heavy atom. The molecule has 1 saturated heterocycles. The van der Waals surface area contributed by atoms with Gasteiger partial charge in [-0.1, -0.05) is 0 Å². The van der Waals surface area contributed by atoms with Crippen LogP contribution in [-0.2, 0) is 0 Å². The lowest BCUT2D eigenvalue weighted by atomic mass is 10.1. The number of carbonyl (C=O) groups excluding carboxylic acids is 1. The van der Waals surface area contributed by atoms with E-state index >= 15 is 0 Å². The Morgan fingerprint density at radius 1 is 1.10 bits per heavy atom. The molecule has 206 valence electrons. The molecule has 2 aliphatic rings. The van der Waals surface area contributed by atoms with Crippen molar-refractivity contribution in [3.63, 3.8) is 0 Å². The number of halogens is 3. The number of fused-ring (bicyclic) bond motifs is 1. The Kier molecular flexibility index (Phi) is 7.15. The molecule has 2 aliphatic heterocycles. The van der Waals surface area contributed by atoms with E-state index in [9.17, 15) is 18.0 Å². The van der Waals surface area contributed by atoms with Crippen LogP contribution in [0.5, 0.6) is 5.88 Å². The van der Waals surface area contributed by atoms with Crippen molar-refractivity contribution in [2.75, 3.05) is 53.8 Å². The summed E-state index contributed by atoms with van der Waals surface area (Å²) in [6.07, 6.45) is -0.609. The highest BCUT2D eigenvalue weighted by Gasteiger charge is 2.44. The van der Waals surface area contributed by atoms with Gasteiger partial charge < -0.3 is 14.5 Å². The van der Waals surface area contributed by atoms with E-state index in [1.165, 1.54) is 19.5 Å². The van der Waals surface area contributed by atoms with Crippen molar-refractivity contribution in [2.24, 2.45) is 5.92 Å². The third-order valence-electron chi connectivity index (χ3n) is 7.14. The molecule has 0 radical (unpaired) electrons. The first-order valence-electron chi connectivity index (χ1n) is 12.6. The Labute approximate surface area is 223 Å². The maximum Gasteiger partial charge on any atom is 0.393 e. The van der Waals surface area contributed by atoms with Gasteiger partial charge in [-0.15, -0.1) is 0 Å². The Bertz CT molecular complexity index is 1350. The highest BCUT2D eigenvalue weighted by Crippen LogP contribution is 2.37. The molecule has 3 aromatic rings. The fraction of sp³-hybridized carbons (Fsp3) is 0.423. The van der Waals surface area contributed by atoms with E-state index in [1.54, 1.807) is 28.1 Å². The van der Waals surface area contributed by atoms with Gasteiger partial charge in [-0.2, -0.15) is 13.2 Å². The van der Waals surface area contributed by atoms with Crippen LogP contribution in [0.15, 0.2) is 42.9 Å². The van der Waals surface area contributed by atoms with Crippen LogP contribution in [0.3, 0.4) is 0 Å². The predicted molar refractivity (Wildman–Crippen MR) is 141 cm³/mol. The van der Waals surface area contributed by atoms with Crippen molar-refractivity contribution >= 4 is 29.2 Å². The number of hydrogen-bond donors (Lipinski definition) is 1. The number of amides is 2. The Balaban J connectivity index is 1.46. The van der Waals surface area contributed by atoms with Gasteiger partial charge in [0.05, 0.1) is 24.4 Å². The summed E-state index contributed by atoms with van der Waals surface area (Å²) in [5.74, 6) is 0.171. The Morgan fingerprint density at radius 2 is 1.92 bits per heavy atom. The van der Waals surface area contributed by atoms with E-state index in [0.29, 0.717) is 35.2 Å². The smallest absolute Gasteiger partial charge is 0.393 e. The van der Waals surface area contributed by atoms with Gasteiger partial charge in [0, 0.05) is 50.6 Å². The van der Waals surface area contributed by atoms with E-state index in [1.807, 2.05) is 31.0 Å². The maximum atomic E-state index is 13.5. The van der Waals surface area contributed by atoms with Gasteiger partial charge in [0.1, 0.15) is 18.0 Å². The fourth-order valence-corrected chi connectivity index (χ4v) is 4.89. The first-order valence-corrected chi connectivity index (χ1v) is 12.6. The number of anilines is 4. The molecular weight excluding hydrogens is 513 g/mol. The van der Waals surface area contributed by atoms with Crippen molar-refractivity contribution in [1.29, 1.82) is 0 Å². The summed E-state index contributed by atoms with van der Waals surface area (Å²) in [4.78, 5) is 36.1. The molecule has 3 aromatic heterocycles. The largest absolute Gasteiger partial charge is 0.481 e. The van der Waals surface area contributed by atoms with Crippen LogP contribution in [0.4, 0.5) is 41.1 Å². The molecule has 2 amide bonds. The molecule has 5 rings (SSSR count). The number of ether oxygens (including phenoxy) is 1. The minimum absolute atomic E-state index is 0.0407. The van der Waals surface area contributed by atoms with Gasteiger partial charge in [0.25, 0.3) is 0 Å². The molecular formula is C26H29F3N8O2. The summed E-state index contributed by atoms with van der Waals surface area (Å²) >= 11 is 0. The number of hydrogen-bond acceptors (Lipinski definition) is 8. The number of nitrogens with zero attached hydrogens (tertiary/aromatic N) is 7. The van der Waals surface area contributed by atoms with E-state index in [-0.39, 0.29) is 31.4 Å². The van der Waals surface area contributed by atoms with Crippen LogP contribution >= 0.6 is 0 Å². The minimum Gasteiger partial charge on any atom is -0.481 e. The lowest BCUT2D eigenvalue weighted by Crippen LogP contribution is -2.42. The highest BCUT2D eigenvalue weighted by atomic mass is 19.4. The average Bonchev–Trinajstić information content (AvgIpc) is 3.39. The van der Waals surface area contributed by atoms with Gasteiger partial charge >= 0.3 is 12.2 Å². The fourth-order valence-electron chi connectivity index (χ4n) is 4.89. The molecule has 5 heterocycles. The average molecular weight is 543 g/mol. The summed E-state index contributed by atoms with van der Waals surface area (Å²) < 4.78 is 44.8. The molecule has 0 saturated carbocycles. The summed E-state index contributed by atoms with van der Waals surface area (Å²) in [5, 5.41) is 2.81. The molecule has 10 nitrogen and oxygen atoms in total. The quantitative estimate of drug-likeness (QED) is 0.511. The second-order valence-electron chi connectivity index (χ2n) is 9.72. The minimum atomic E-state index is -4.23. The predicted octanol–water partition coefficient (Wildman–Crippen LogP) is 4.60. The monoisotopic (exact) mass is 542 g/mol. The van der Waals surface area contributed by atoms with Crippen LogP contribution in [0.1, 0.15) is 19.8 Å². The van der Waals surface area contributed by atoms with Crippen molar-refractivity contribution in [2.45, 2.75) is 32.0 Å². The molecule has 1 N–H and O–H groups in total. The van der Waals surface area contributed by atoms with E-state index in [4.69, 9.17) is 9.72 Å². The molecule has 1 unspecified atom stereocenters. The van der Waals surface area contributed by atoms with Crippen LogP contribution in [0.25, 0.3) is 11.3 Å². The van der Waals surface area contributed by atoms with E-state index in [2.05, 4.69) is 20.3 Å². The van der Waals surface area contributed by atoms with Crippen LogP contribution in [0, 0.1) is 5.92 Å². The SMILES string of the molecule is COc1cc(NC(=O)N2c3nc(-c4ccnc(N5CCC(C(F)(F)F)C5)c4)ccc3N(C)CC[C@H]2C)ncn1. The molecule has 39 heavy (non-hydrogen) atoms. The van der Waals surface area contributed by atoms with Crippen molar-refractivity contribution < 1.29 is 22.7 Å². The molecule has 0 aromatic carbocycles. The Hall–Kier alpha value is -4.16. The normalized spacial score (nSPS) is 19.5. The number of pyridine rings is 2. The van der Waals surface area contributed by atoms with E-state index in [0.717, 1.165) is 12.2 Å². The molecule has 0 bridgehead atoms. The molecule has 0 aliphatic carbocycles. The molecule has 13 heteroatoms. The topological polar surface area (TPSA) is 99.6 Å². The van der Waals surface area contributed by atoms with Crippen LogP contribution in [0.2, 0.25) is 0 Å². The van der Waals surface area contributed by atoms with Crippen LogP contribution < -0.4 is 24.8 Å². The van der Waals surface area contributed by atoms with Gasteiger partial charge in [-0.05, 0) is 44.0 Å². The van der Waals surface area contributed by atoms with Gasteiger partial charge in [0.15, 0.2) is 5.82 Å². The summed E-state index contributed by atoms with van der Waals surface area (Å²) in [6.45, 7) is 2.82. The number of alkyl halides is 3. The first kappa shape index (κ1) is 26.4. The standard InChI is InChI=1S/C26H29F3N8O2/c1-16-7-10-35(2)20-5-4-19(17-6-9-30-22(12-17)36-11-8-18(14-36)26(27,28)29)33-24(20)37(16)25(38)34-21-13-23(39-3)32-15-31-21/h4-6,9,12-13,15-16,18H,7-8,10-11,14H2,1-3H3,(H,31,32,34,38)/t16-,18?/m1/s1. The first-order chi connectivity index (χ1) is 18.6. The van der Waals surface area contributed by atoms with Gasteiger partial charge in [-0.3, -0.25) is 10.2 Å². The lowest BCUT2D eigenvalue weighted by Gasteiger charge is -2.28. The second-order valence-corrected chi connectivity index (χ2v) is 9.72. The summed E-state index contributed by atoms with van der Waals surface area (Å²) in [6, 6.07) is 8.19. The summed E-state index contributed by atoms with van der Waals surface area (Å²) in [7, 11) is 3.42. The summed E-state index contributed by atoms with van der Waals surface area (Å²) in [5.41, 5.74) is 2.05. The number of aromatic nitrogens is 4. The van der Waals surface area contributed by atoms with Gasteiger partial charge in [0.2, 0.25) is 5.88 Å². The van der Waals surface area contributed by atoms with E-state index < -0.39 is 18.1 Å². The van der Waals surface area contributed by atoms with Crippen molar-refractivity contribution in [3.8, 4) is 17.1 Å². The molecule has 1 fully saturated rings. The lowest BCUT2D eigenvalue weighted by molar-refractivity contribution is -0.168. The zero-order valence-corrected chi connectivity index (χ0v) is 21.8. The number of nitrogens with one attached hydrogen (secondary N) is 1. The zero-order valence-electron chi connectivity index (χ0n) is 21.8. The number of carbonyl (C=O) groups is 1. The second kappa shape index (κ2) is 10.5. The maximum absolute atomic E-state index is 13.5. The third kappa shape index (κ3) is 5.52. The van der Waals surface area contributed by atoms with Gasteiger partial charge in [-0.25, -0.2) is 24.7 Å². The zero-order chi connectivity index (χ0) is 27.7. The number of urea groups is 1. The van der Waals surface area contributed by atoms with Crippen molar-refractivity contribution in [3.05, 3.63) is 42.9 Å². The number of rotatable bonds is 4. The molecule has 2 atom stereocenters.